The van der Waals surface area contributed by atoms with Crippen molar-refractivity contribution in [3.8, 4) is 0 Å². The summed E-state index contributed by atoms with van der Waals surface area (Å²) < 4.78 is 0.502. The summed E-state index contributed by atoms with van der Waals surface area (Å²) in [6, 6.07) is 15.2. The summed E-state index contributed by atoms with van der Waals surface area (Å²) in [5.41, 5.74) is 8.52. The predicted molar refractivity (Wildman–Crippen MR) is 73.0 cm³/mol. The van der Waals surface area contributed by atoms with E-state index in [1.807, 2.05) is 0 Å². The van der Waals surface area contributed by atoms with Gasteiger partial charge in [0, 0.05) is 0 Å². The van der Waals surface area contributed by atoms with Gasteiger partial charge >= 0.3 is 120 Å². The first kappa shape index (κ1) is 12.0. The summed E-state index contributed by atoms with van der Waals surface area (Å²) in [6.45, 7) is 4.42. The number of hydrogen-bond acceptors (Lipinski definition) is 0. The molecule has 0 amide bonds. The van der Waals surface area contributed by atoms with Gasteiger partial charge in [-0.2, -0.15) is 0 Å². The second-order valence-corrected chi connectivity index (χ2v) is 5.83. The van der Waals surface area contributed by atoms with E-state index in [0.717, 1.165) is 0 Å². The summed E-state index contributed by atoms with van der Waals surface area (Å²) in [6.07, 6.45) is 2.37. The summed E-state index contributed by atoms with van der Waals surface area (Å²) in [4.78, 5) is 0. The zero-order chi connectivity index (χ0) is 12.7. The fraction of sp³-hybridized carbons (Fsp3) is 0.176. The summed E-state index contributed by atoms with van der Waals surface area (Å²) in [5, 5.41) is 0. The van der Waals surface area contributed by atoms with E-state index in [0.29, 0.717) is 4.22 Å². The Morgan fingerprint density at radius 3 is 2.22 bits per heavy atom. The molecule has 2 aromatic carbocycles. The van der Waals surface area contributed by atoms with Crippen LogP contribution in [0.4, 0.5) is 0 Å². The molecule has 1 aliphatic rings. The molecule has 0 N–H and O–H groups in total. The number of fused-ring (bicyclic) bond motifs is 1. The molecule has 0 bridgehead atoms. The SMILES string of the molecule is Cc1ccc(C)c2c1C=C(c1ccccc1)[CH]2[Ti]. The van der Waals surface area contributed by atoms with Gasteiger partial charge in [0.25, 0.3) is 0 Å². The molecule has 0 spiro atoms. The molecule has 1 aliphatic carbocycles. The molecule has 3 rings (SSSR count). The van der Waals surface area contributed by atoms with Crippen LogP contribution in [0.5, 0.6) is 0 Å². The monoisotopic (exact) mass is 267 g/mol. The van der Waals surface area contributed by atoms with Crippen molar-refractivity contribution in [3.63, 3.8) is 0 Å². The Morgan fingerprint density at radius 1 is 0.889 bits per heavy atom. The summed E-state index contributed by atoms with van der Waals surface area (Å²) in [5.74, 6) is 0. The molecular formula is C17H15Ti. The van der Waals surface area contributed by atoms with Crippen LogP contribution in [0.25, 0.3) is 11.6 Å². The minimum atomic E-state index is 0.502. The average Bonchev–Trinajstić information content (AvgIpc) is 2.74. The molecule has 0 saturated carbocycles. The number of allylic oxidation sites excluding steroid dienone is 1. The molecule has 87 valence electrons. The van der Waals surface area contributed by atoms with E-state index in [1.54, 1.807) is 0 Å². The zero-order valence-corrected chi connectivity index (χ0v) is 12.3. The summed E-state index contributed by atoms with van der Waals surface area (Å²) >= 11 is 2.32. The fourth-order valence-electron chi connectivity index (χ4n) is 2.70. The van der Waals surface area contributed by atoms with Gasteiger partial charge < -0.3 is 0 Å². The third kappa shape index (κ3) is 1.81. The van der Waals surface area contributed by atoms with E-state index in [-0.39, 0.29) is 0 Å². The first-order chi connectivity index (χ1) is 8.68. The van der Waals surface area contributed by atoms with Gasteiger partial charge in [0.2, 0.25) is 0 Å². The van der Waals surface area contributed by atoms with Crippen LogP contribution in [0.2, 0.25) is 0 Å². The Hall–Kier alpha value is -1.11. The van der Waals surface area contributed by atoms with Crippen LogP contribution in [0, 0.1) is 13.8 Å². The average molecular weight is 267 g/mol. The molecule has 18 heavy (non-hydrogen) atoms. The van der Waals surface area contributed by atoms with Crippen molar-refractivity contribution in [2.45, 2.75) is 18.1 Å². The van der Waals surface area contributed by atoms with E-state index >= 15 is 0 Å². The van der Waals surface area contributed by atoms with Gasteiger partial charge in [-0.1, -0.05) is 0 Å². The van der Waals surface area contributed by atoms with Crippen molar-refractivity contribution < 1.29 is 20.4 Å². The Bertz CT molecular complexity index is 624. The Labute approximate surface area is 120 Å². The standard InChI is InChI=1S/C17H15.Ti/c1-12-8-9-13(2)17-11-15(10-16(12)17)14-6-4-3-5-7-14;/h3-11H,1-2H3;. The van der Waals surface area contributed by atoms with Crippen LogP contribution in [0.1, 0.15) is 32.0 Å². The normalized spacial score (nSPS) is 17.4. The first-order valence-electron chi connectivity index (χ1n) is 6.26. The topological polar surface area (TPSA) is 0 Å². The quantitative estimate of drug-likeness (QED) is 0.670. The Balaban J connectivity index is 2.16. The van der Waals surface area contributed by atoms with E-state index in [2.05, 4.69) is 82.8 Å². The molecule has 0 heterocycles. The third-order valence-electron chi connectivity index (χ3n) is 3.73. The van der Waals surface area contributed by atoms with Crippen LogP contribution >= 0.6 is 0 Å². The van der Waals surface area contributed by atoms with E-state index in [9.17, 15) is 0 Å². The van der Waals surface area contributed by atoms with E-state index < -0.39 is 0 Å². The molecule has 0 nitrogen and oxygen atoms in total. The minimum absolute atomic E-state index is 0.502. The van der Waals surface area contributed by atoms with Gasteiger partial charge in [-0.05, 0) is 0 Å². The number of rotatable bonds is 1. The number of aryl methyl sites for hydroxylation is 2. The summed E-state index contributed by atoms with van der Waals surface area (Å²) in [7, 11) is 0. The van der Waals surface area contributed by atoms with Crippen molar-refractivity contribution in [1.29, 1.82) is 0 Å². The van der Waals surface area contributed by atoms with E-state index in [1.165, 1.54) is 33.4 Å². The predicted octanol–water partition coefficient (Wildman–Crippen LogP) is 4.45. The first-order valence-corrected chi connectivity index (χ1v) is 7.17. The molecule has 0 fully saturated rings. The molecule has 1 heteroatoms. The van der Waals surface area contributed by atoms with Gasteiger partial charge in [0.05, 0.1) is 0 Å². The fourth-order valence-corrected chi connectivity index (χ4v) is 3.69. The third-order valence-corrected chi connectivity index (χ3v) is 4.67. The van der Waals surface area contributed by atoms with Crippen LogP contribution in [-0.2, 0) is 20.4 Å². The van der Waals surface area contributed by atoms with Crippen molar-refractivity contribution in [2.75, 3.05) is 0 Å². The molecule has 1 atom stereocenters. The molecule has 0 radical (unpaired) electrons. The molecule has 0 aromatic heterocycles. The van der Waals surface area contributed by atoms with Gasteiger partial charge in [0.1, 0.15) is 0 Å². The van der Waals surface area contributed by atoms with Crippen LogP contribution in [0.15, 0.2) is 42.5 Å². The zero-order valence-electron chi connectivity index (χ0n) is 10.7. The second kappa shape index (κ2) is 4.53. The van der Waals surface area contributed by atoms with Crippen molar-refractivity contribution in [3.05, 3.63) is 70.3 Å². The van der Waals surface area contributed by atoms with Crippen LogP contribution in [0.3, 0.4) is 0 Å². The number of benzene rings is 2. The molecule has 1 unspecified atom stereocenters. The van der Waals surface area contributed by atoms with E-state index in [4.69, 9.17) is 0 Å². The molecule has 0 aliphatic heterocycles. The van der Waals surface area contributed by atoms with Crippen molar-refractivity contribution >= 4 is 11.6 Å². The van der Waals surface area contributed by atoms with Crippen LogP contribution in [-0.4, -0.2) is 0 Å². The number of hydrogen-bond donors (Lipinski definition) is 0. The van der Waals surface area contributed by atoms with Gasteiger partial charge in [-0.25, -0.2) is 0 Å². The van der Waals surface area contributed by atoms with Gasteiger partial charge in [-0.3, -0.25) is 0 Å². The van der Waals surface area contributed by atoms with Gasteiger partial charge in [0.15, 0.2) is 0 Å². The van der Waals surface area contributed by atoms with Crippen molar-refractivity contribution in [1.82, 2.24) is 0 Å². The van der Waals surface area contributed by atoms with Crippen molar-refractivity contribution in [2.24, 2.45) is 0 Å². The molecular weight excluding hydrogens is 252 g/mol. The maximum atomic E-state index is 2.37. The molecule has 2 aromatic rings. The molecule has 0 saturated heterocycles. The van der Waals surface area contributed by atoms with Gasteiger partial charge in [-0.15, -0.1) is 0 Å². The Kier molecular flexibility index (Phi) is 3.01. The Morgan fingerprint density at radius 2 is 1.56 bits per heavy atom. The van der Waals surface area contributed by atoms with Crippen LogP contribution < -0.4 is 0 Å². The second-order valence-electron chi connectivity index (χ2n) is 4.93. The maximum absolute atomic E-state index is 2.37.